The van der Waals surface area contributed by atoms with Gasteiger partial charge >= 0.3 is 0 Å². The van der Waals surface area contributed by atoms with Crippen LogP contribution >= 0.6 is 0 Å². The van der Waals surface area contributed by atoms with Crippen LogP contribution in [0.15, 0.2) is 66.7 Å². The molecule has 6 rings (SSSR count). The van der Waals surface area contributed by atoms with Crippen LogP contribution in [-0.4, -0.2) is 127 Å². The molecule has 0 spiro atoms. The Morgan fingerprint density at radius 1 is 0.684 bits per heavy atom. The fourth-order valence-electron chi connectivity index (χ4n) is 6.91. The Labute approximate surface area is 331 Å². The highest BCUT2D eigenvalue weighted by Crippen LogP contribution is 2.35. The Morgan fingerprint density at radius 3 is 1.89 bits per heavy atom. The summed E-state index contributed by atoms with van der Waals surface area (Å²) in [5.74, 6) is -2.52. The molecule has 3 aromatic carbocycles. The molecule has 3 aliphatic heterocycles. The molecule has 3 heterocycles. The van der Waals surface area contributed by atoms with Gasteiger partial charge in [0.2, 0.25) is 35.4 Å². The third-order valence-electron chi connectivity index (χ3n) is 10.5. The number of aliphatic hydroxyl groups is 1. The molecule has 6 bridgehead atoms. The number of carbonyl (C=O) groups is 6. The molecule has 4 N–H and O–H groups in total. The smallest absolute Gasteiger partial charge is 0.248 e. The van der Waals surface area contributed by atoms with E-state index in [-0.39, 0.29) is 18.4 Å². The van der Waals surface area contributed by atoms with Gasteiger partial charge in [-0.05, 0) is 73.9 Å². The van der Waals surface area contributed by atoms with Crippen LogP contribution in [0.2, 0.25) is 0 Å². The first kappa shape index (κ1) is 42.0. The lowest BCUT2D eigenvalue weighted by atomic mass is 9.96. The molecule has 0 saturated carbocycles. The number of rotatable bonds is 4. The molecular weight excluding hydrogens is 736 g/mol. The second-order valence-corrected chi connectivity index (χ2v) is 14.4. The average molecular weight is 787 g/mol. The highest BCUT2D eigenvalue weighted by Gasteiger charge is 2.42. The van der Waals surface area contributed by atoms with E-state index in [9.17, 15) is 33.9 Å². The van der Waals surface area contributed by atoms with Crippen LogP contribution in [0.25, 0.3) is 0 Å². The molecule has 1 saturated heterocycles. The van der Waals surface area contributed by atoms with Gasteiger partial charge in [0.05, 0.1) is 14.2 Å². The van der Waals surface area contributed by atoms with Crippen molar-refractivity contribution >= 4 is 35.4 Å². The van der Waals surface area contributed by atoms with Crippen LogP contribution < -0.4 is 30.2 Å². The van der Waals surface area contributed by atoms with E-state index in [1.807, 2.05) is 0 Å². The molecule has 0 unspecified atom stereocenters. The number of hydrogen-bond donors (Lipinski definition) is 4. The lowest BCUT2D eigenvalue weighted by molar-refractivity contribution is -0.153. The summed E-state index contributed by atoms with van der Waals surface area (Å²) in [4.78, 5) is 87.9. The minimum Gasteiger partial charge on any atom is -0.497 e. The minimum absolute atomic E-state index is 0.0311. The van der Waals surface area contributed by atoms with E-state index < -0.39 is 77.8 Å². The first-order valence-corrected chi connectivity index (χ1v) is 18.5. The summed E-state index contributed by atoms with van der Waals surface area (Å²) in [6, 6.07) is 10.6. The van der Waals surface area contributed by atoms with Crippen molar-refractivity contribution in [1.82, 2.24) is 30.7 Å². The highest BCUT2D eigenvalue weighted by atomic mass is 16.5. The Bertz CT molecular complexity index is 1990. The number of ether oxygens (including phenoxy) is 3. The zero-order valence-electron chi connectivity index (χ0n) is 33.3. The van der Waals surface area contributed by atoms with E-state index in [1.54, 1.807) is 66.7 Å². The molecule has 16 nitrogen and oxygen atoms in total. The van der Waals surface area contributed by atoms with Crippen molar-refractivity contribution in [1.29, 1.82) is 0 Å². The molecule has 57 heavy (non-hydrogen) atoms. The van der Waals surface area contributed by atoms with Crippen LogP contribution in [0.4, 0.5) is 0 Å². The first-order chi connectivity index (χ1) is 27.0. The van der Waals surface area contributed by atoms with Gasteiger partial charge in [0, 0.05) is 34.0 Å². The second-order valence-electron chi connectivity index (χ2n) is 14.4. The van der Waals surface area contributed by atoms with Gasteiger partial charge in [-0.15, -0.1) is 0 Å². The van der Waals surface area contributed by atoms with Crippen LogP contribution in [0.5, 0.6) is 23.0 Å². The van der Waals surface area contributed by atoms with Crippen LogP contribution in [0, 0.1) is 0 Å². The average Bonchev–Trinajstić information content (AvgIpc) is 3.20. The number of likely N-dealkylation sites (N-methyl/N-ethyl adjacent to an activating group) is 3. The zero-order valence-corrected chi connectivity index (χ0v) is 33.3. The maximum Gasteiger partial charge on any atom is 0.248 e. The quantitative estimate of drug-likeness (QED) is 0.300. The fourth-order valence-corrected chi connectivity index (χ4v) is 6.91. The van der Waals surface area contributed by atoms with E-state index in [4.69, 9.17) is 14.2 Å². The molecule has 304 valence electrons. The molecule has 3 aromatic rings. The van der Waals surface area contributed by atoms with Crippen molar-refractivity contribution in [2.24, 2.45) is 0 Å². The third-order valence-corrected chi connectivity index (χ3v) is 10.5. The molecule has 0 aromatic heterocycles. The Kier molecular flexibility index (Phi) is 13.1. The highest BCUT2D eigenvalue weighted by molar-refractivity contribution is 5.98. The van der Waals surface area contributed by atoms with Crippen molar-refractivity contribution in [2.45, 2.75) is 76.0 Å². The normalized spacial score (nSPS) is 25.4. The van der Waals surface area contributed by atoms with Gasteiger partial charge in [-0.1, -0.05) is 30.3 Å². The summed E-state index contributed by atoms with van der Waals surface area (Å²) < 4.78 is 16.9. The summed E-state index contributed by atoms with van der Waals surface area (Å²) in [5.41, 5.74) is 1.49. The standard InChI is InChI=1S/C41H50N6O10/c1-22-36(49)43-23(2)39(52)45(4)30(19-25-9-14-28(55-7)15-10-25)38(51)44-24(3)40(53)47(6)34-35(48)27-12-16-29(17-13-27)57-33-21-26(11-18-32(33)56-8)20-31(37(50)42-22)46(5)41(34)54/h9-18,21-24,30-31,34-35,48H,19-20H2,1-8H3,(H,42,50)(H,43,49)(H,44,51)/t22-,23+,24-,30+,31+,34+,35+/m1/s1. The predicted molar refractivity (Wildman–Crippen MR) is 207 cm³/mol. The molecule has 0 radical (unpaired) electrons. The number of benzene rings is 3. The van der Waals surface area contributed by atoms with Gasteiger partial charge in [0.25, 0.3) is 0 Å². The van der Waals surface area contributed by atoms with E-state index in [0.717, 1.165) is 9.80 Å². The maximum atomic E-state index is 14.7. The van der Waals surface area contributed by atoms with Crippen LogP contribution in [-0.2, 0) is 41.6 Å². The van der Waals surface area contributed by atoms with Crippen LogP contribution in [0.1, 0.15) is 43.6 Å². The van der Waals surface area contributed by atoms with Crippen molar-refractivity contribution in [3.63, 3.8) is 0 Å². The lowest BCUT2D eigenvalue weighted by Gasteiger charge is -2.38. The minimum atomic E-state index is -1.62. The molecular formula is C41H50N6O10. The molecule has 0 aliphatic carbocycles. The topological polar surface area (TPSA) is 196 Å². The van der Waals surface area contributed by atoms with E-state index in [2.05, 4.69) is 16.0 Å². The van der Waals surface area contributed by atoms with Crippen molar-refractivity contribution < 1.29 is 48.1 Å². The molecule has 3 aliphatic rings. The largest absolute Gasteiger partial charge is 0.497 e. The van der Waals surface area contributed by atoms with Gasteiger partial charge in [0.1, 0.15) is 53.9 Å². The summed E-state index contributed by atoms with van der Waals surface area (Å²) in [7, 11) is 7.12. The summed E-state index contributed by atoms with van der Waals surface area (Å²) >= 11 is 0. The van der Waals surface area contributed by atoms with Crippen LogP contribution in [0.3, 0.4) is 0 Å². The molecule has 6 amide bonds. The first-order valence-electron chi connectivity index (χ1n) is 18.5. The molecule has 7 atom stereocenters. The Hall–Kier alpha value is -6.16. The monoisotopic (exact) mass is 786 g/mol. The van der Waals surface area contributed by atoms with Crippen molar-refractivity contribution in [3.8, 4) is 23.0 Å². The SMILES string of the molecule is COc1ccc(C[C@H]2C(=O)N[C@H](C)C(=O)N(C)[C@@H]3C(=O)N(C)[C@@H](Cc4ccc(OC)c(c4)Oc4ccc(cc4)[C@@H]3O)C(=O)N[C@H](C)C(=O)N[C@@H](C)C(=O)N2C)cc1. The molecule has 16 heteroatoms. The zero-order chi connectivity index (χ0) is 41.7. The number of carbonyl (C=O) groups excluding carboxylic acids is 6. The van der Waals surface area contributed by atoms with Crippen molar-refractivity contribution in [3.05, 3.63) is 83.4 Å². The van der Waals surface area contributed by atoms with E-state index in [0.29, 0.717) is 34.1 Å². The van der Waals surface area contributed by atoms with E-state index in [1.165, 1.54) is 61.0 Å². The number of aliphatic hydroxyl groups excluding tert-OH is 1. The second kappa shape index (κ2) is 17.7. The Balaban J connectivity index is 1.60. The number of nitrogens with zero attached hydrogens (tertiary/aromatic N) is 3. The maximum absolute atomic E-state index is 14.7. The fraction of sp³-hybridized carbons (Fsp3) is 0.415. The molecule has 1 fully saturated rings. The Morgan fingerprint density at radius 2 is 1.28 bits per heavy atom. The van der Waals surface area contributed by atoms with Gasteiger partial charge in [-0.2, -0.15) is 0 Å². The van der Waals surface area contributed by atoms with E-state index >= 15 is 0 Å². The summed E-state index contributed by atoms with van der Waals surface area (Å²) in [5, 5.41) is 19.9. The number of methoxy groups -OCH3 is 2. The summed E-state index contributed by atoms with van der Waals surface area (Å²) in [6.45, 7) is 4.32. The number of fused-ring (bicyclic) bond motifs is 2. The van der Waals surface area contributed by atoms with Crippen molar-refractivity contribution in [2.75, 3.05) is 35.4 Å². The number of nitrogens with one attached hydrogen (secondary N) is 3. The number of hydrogen-bond acceptors (Lipinski definition) is 10. The van der Waals surface area contributed by atoms with Gasteiger partial charge in [-0.3, -0.25) is 28.8 Å². The van der Waals surface area contributed by atoms with Gasteiger partial charge in [0.15, 0.2) is 11.5 Å². The predicted octanol–water partition coefficient (Wildman–Crippen LogP) is 1.34. The summed E-state index contributed by atoms with van der Waals surface area (Å²) in [6.07, 6.45) is -1.67. The van der Waals surface area contributed by atoms with Gasteiger partial charge < -0.3 is 50.0 Å². The third kappa shape index (κ3) is 9.28. The van der Waals surface area contributed by atoms with Gasteiger partial charge in [-0.25, -0.2) is 0 Å². The number of amides is 6. The lowest BCUT2D eigenvalue weighted by Crippen LogP contribution is -2.62.